The fourth-order valence-electron chi connectivity index (χ4n) is 2.66. The van der Waals surface area contributed by atoms with Crippen molar-refractivity contribution in [1.82, 2.24) is 4.90 Å². The minimum atomic E-state index is -0.101. The standard InChI is InChI=1S/C21H20ClNO4S2/c1-3-23-20(24)19(29-21(23)28)13-14-12-15(22)4-9-18(14)27-11-10-26-17-7-5-16(25-2)6-8-17/h4-9,12-13H,3,10-11H2,1-2H3/b19-13-. The molecule has 2 aromatic rings. The second kappa shape index (κ2) is 10.0. The van der Waals surface area contributed by atoms with E-state index in [1.54, 1.807) is 36.3 Å². The lowest BCUT2D eigenvalue weighted by Gasteiger charge is -2.12. The van der Waals surface area contributed by atoms with Crippen molar-refractivity contribution in [2.75, 3.05) is 26.9 Å². The summed E-state index contributed by atoms with van der Waals surface area (Å²) in [6.45, 7) is 3.14. The molecule has 0 unspecified atom stereocenters. The number of carbonyl (C=O) groups excluding carboxylic acids is 1. The Morgan fingerprint density at radius 3 is 2.45 bits per heavy atom. The topological polar surface area (TPSA) is 48.0 Å². The van der Waals surface area contributed by atoms with Crippen LogP contribution in [0.25, 0.3) is 6.08 Å². The molecule has 1 fully saturated rings. The number of carbonyl (C=O) groups is 1. The number of rotatable bonds is 8. The molecular formula is C21H20ClNO4S2. The van der Waals surface area contributed by atoms with Crippen LogP contribution in [-0.4, -0.2) is 42.0 Å². The van der Waals surface area contributed by atoms with Crippen LogP contribution in [0.4, 0.5) is 0 Å². The SMILES string of the molecule is CCN1C(=O)/C(=C/c2cc(Cl)ccc2OCCOc2ccc(OC)cc2)SC1=S. The molecule has 1 amide bonds. The summed E-state index contributed by atoms with van der Waals surface area (Å²) in [5.41, 5.74) is 0.721. The number of benzene rings is 2. The first-order chi connectivity index (χ1) is 14.0. The number of halogens is 1. The average molecular weight is 450 g/mol. The van der Waals surface area contributed by atoms with Crippen LogP contribution in [0, 0.1) is 0 Å². The van der Waals surface area contributed by atoms with Crippen LogP contribution in [-0.2, 0) is 4.79 Å². The van der Waals surface area contributed by atoms with Gasteiger partial charge in [-0.2, -0.15) is 0 Å². The molecule has 1 heterocycles. The van der Waals surface area contributed by atoms with Crippen molar-refractivity contribution in [2.24, 2.45) is 0 Å². The quantitative estimate of drug-likeness (QED) is 0.320. The summed E-state index contributed by atoms with van der Waals surface area (Å²) in [6.07, 6.45) is 1.76. The molecule has 0 aromatic heterocycles. The van der Waals surface area contributed by atoms with Gasteiger partial charge in [0.05, 0.1) is 12.0 Å². The minimum absolute atomic E-state index is 0.101. The van der Waals surface area contributed by atoms with Crippen molar-refractivity contribution in [3.63, 3.8) is 0 Å². The molecule has 1 aliphatic rings. The molecular weight excluding hydrogens is 430 g/mol. The second-order valence-corrected chi connectivity index (χ2v) is 8.09. The predicted octanol–water partition coefficient (Wildman–Crippen LogP) is 5.03. The van der Waals surface area contributed by atoms with E-state index in [0.717, 1.165) is 17.1 Å². The molecule has 8 heteroatoms. The first-order valence-electron chi connectivity index (χ1n) is 8.96. The largest absolute Gasteiger partial charge is 0.497 e. The molecule has 29 heavy (non-hydrogen) atoms. The van der Waals surface area contributed by atoms with Gasteiger partial charge in [0.1, 0.15) is 34.8 Å². The number of amides is 1. The number of nitrogens with zero attached hydrogens (tertiary/aromatic N) is 1. The Kier molecular flexibility index (Phi) is 7.41. The van der Waals surface area contributed by atoms with Crippen LogP contribution < -0.4 is 14.2 Å². The zero-order valence-electron chi connectivity index (χ0n) is 16.0. The van der Waals surface area contributed by atoms with E-state index < -0.39 is 0 Å². The number of thiocarbonyl (C=S) groups is 1. The first kappa shape index (κ1) is 21.5. The third kappa shape index (κ3) is 5.44. The van der Waals surface area contributed by atoms with E-state index in [1.165, 1.54) is 11.8 Å². The fraction of sp³-hybridized carbons (Fsp3) is 0.238. The molecule has 0 aliphatic carbocycles. The maximum absolute atomic E-state index is 12.5. The Bertz CT molecular complexity index is 931. The molecule has 0 saturated carbocycles. The zero-order valence-corrected chi connectivity index (χ0v) is 18.4. The smallest absolute Gasteiger partial charge is 0.266 e. The summed E-state index contributed by atoms with van der Waals surface area (Å²) in [4.78, 5) is 14.6. The molecule has 152 valence electrons. The van der Waals surface area contributed by atoms with Crippen molar-refractivity contribution in [2.45, 2.75) is 6.92 Å². The van der Waals surface area contributed by atoms with Gasteiger partial charge in [0.25, 0.3) is 5.91 Å². The zero-order chi connectivity index (χ0) is 20.8. The van der Waals surface area contributed by atoms with Gasteiger partial charge >= 0.3 is 0 Å². The van der Waals surface area contributed by atoms with Crippen LogP contribution in [0.3, 0.4) is 0 Å². The molecule has 0 bridgehead atoms. The van der Waals surface area contributed by atoms with Gasteiger partial charge < -0.3 is 14.2 Å². The highest BCUT2D eigenvalue weighted by molar-refractivity contribution is 8.26. The highest BCUT2D eigenvalue weighted by Gasteiger charge is 2.30. The Balaban J connectivity index is 1.65. The number of methoxy groups -OCH3 is 1. The Morgan fingerprint density at radius 2 is 1.79 bits per heavy atom. The number of thioether (sulfide) groups is 1. The lowest BCUT2D eigenvalue weighted by atomic mass is 10.2. The maximum Gasteiger partial charge on any atom is 0.266 e. The molecule has 0 radical (unpaired) electrons. The summed E-state index contributed by atoms with van der Waals surface area (Å²) in [6, 6.07) is 12.6. The number of likely N-dealkylation sites (N-methyl/N-ethyl adjacent to an activating group) is 1. The van der Waals surface area contributed by atoms with Crippen molar-refractivity contribution in [3.05, 3.63) is 58.0 Å². The van der Waals surface area contributed by atoms with Crippen LogP contribution in [0.5, 0.6) is 17.2 Å². The number of hydrogen-bond acceptors (Lipinski definition) is 6. The van der Waals surface area contributed by atoms with Gasteiger partial charge in [-0.1, -0.05) is 35.6 Å². The Hall–Kier alpha value is -2.22. The van der Waals surface area contributed by atoms with Crippen LogP contribution in [0.2, 0.25) is 5.02 Å². The monoisotopic (exact) mass is 449 g/mol. The van der Waals surface area contributed by atoms with Gasteiger partial charge in [0, 0.05) is 17.1 Å². The summed E-state index contributed by atoms with van der Waals surface area (Å²) >= 11 is 12.7. The number of hydrogen-bond donors (Lipinski definition) is 0. The van der Waals surface area contributed by atoms with Gasteiger partial charge in [-0.15, -0.1) is 0 Å². The van der Waals surface area contributed by atoms with E-state index in [0.29, 0.717) is 39.8 Å². The highest BCUT2D eigenvalue weighted by Crippen LogP contribution is 2.34. The molecule has 1 aliphatic heterocycles. The number of ether oxygens (including phenoxy) is 3. The summed E-state index contributed by atoms with van der Waals surface area (Å²) in [5, 5.41) is 0.559. The van der Waals surface area contributed by atoms with E-state index in [2.05, 4.69) is 0 Å². The average Bonchev–Trinajstić information content (AvgIpc) is 2.99. The Morgan fingerprint density at radius 1 is 1.10 bits per heavy atom. The molecule has 2 aromatic carbocycles. The van der Waals surface area contributed by atoms with E-state index in [4.69, 9.17) is 38.0 Å². The van der Waals surface area contributed by atoms with Crippen molar-refractivity contribution < 1.29 is 19.0 Å². The van der Waals surface area contributed by atoms with E-state index in [9.17, 15) is 4.79 Å². The van der Waals surface area contributed by atoms with Crippen LogP contribution in [0.1, 0.15) is 12.5 Å². The fourth-order valence-corrected chi connectivity index (χ4v) is 4.22. The van der Waals surface area contributed by atoms with Crippen LogP contribution >= 0.6 is 35.6 Å². The first-order valence-corrected chi connectivity index (χ1v) is 10.6. The van der Waals surface area contributed by atoms with Gasteiger partial charge in [-0.05, 0) is 55.5 Å². The van der Waals surface area contributed by atoms with Gasteiger partial charge in [0.15, 0.2) is 0 Å². The van der Waals surface area contributed by atoms with Crippen molar-refractivity contribution in [1.29, 1.82) is 0 Å². The van der Waals surface area contributed by atoms with Gasteiger partial charge in [-0.3, -0.25) is 9.69 Å². The van der Waals surface area contributed by atoms with E-state index in [-0.39, 0.29) is 5.91 Å². The Labute approximate surface area is 184 Å². The maximum atomic E-state index is 12.5. The van der Waals surface area contributed by atoms with Crippen molar-refractivity contribution >= 4 is 51.9 Å². The molecule has 1 saturated heterocycles. The summed E-state index contributed by atoms with van der Waals surface area (Å²) in [7, 11) is 1.62. The van der Waals surface area contributed by atoms with Crippen LogP contribution in [0.15, 0.2) is 47.4 Å². The summed E-state index contributed by atoms with van der Waals surface area (Å²) in [5.74, 6) is 2.02. The molecule has 0 N–H and O–H groups in total. The third-order valence-corrected chi connectivity index (χ3v) is 5.73. The minimum Gasteiger partial charge on any atom is -0.497 e. The van der Waals surface area contributed by atoms with Crippen molar-refractivity contribution in [3.8, 4) is 17.2 Å². The van der Waals surface area contributed by atoms with Gasteiger partial charge in [-0.25, -0.2) is 0 Å². The second-order valence-electron chi connectivity index (χ2n) is 5.98. The van der Waals surface area contributed by atoms with E-state index >= 15 is 0 Å². The molecule has 3 rings (SSSR count). The highest BCUT2D eigenvalue weighted by atomic mass is 35.5. The van der Waals surface area contributed by atoms with E-state index in [1.807, 2.05) is 31.2 Å². The van der Waals surface area contributed by atoms with Gasteiger partial charge in [0.2, 0.25) is 0 Å². The third-order valence-electron chi connectivity index (χ3n) is 4.12. The molecule has 5 nitrogen and oxygen atoms in total. The molecule has 0 atom stereocenters. The predicted molar refractivity (Wildman–Crippen MR) is 121 cm³/mol. The molecule has 0 spiro atoms. The summed E-state index contributed by atoms with van der Waals surface area (Å²) < 4.78 is 17.2. The lowest BCUT2D eigenvalue weighted by Crippen LogP contribution is -2.27. The lowest BCUT2D eigenvalue weighted by molar-refractivity contribution is -0.121. The normalized spacial score (nSPS) is 15.1.